The van der Waals surface area contributed by atoms with E-state index in [0.717, 1.165) is 11.1 Å². The molecule has 1 aromatic heterocycles. The van der Waals surface area contributed by atoms with Crippen molar-refractivity contribution in [3.63, 3.8) is 0 Å². The Hall–Kier alpha value is -2.09. The molecule has 0 saturated carbocycles. The Bertz CT molecular complexity index is 740. The Morgan fingerprint density at radius 2 is 2.09 bits per heavy atom. The lowest BCUT2D eigenvalue weighted by molar-refractivity contribution is 0.330. The van der Waals surface area contributed by atoms with Gasteiger partial charge in [-0.1, -0.05) is 13.8 Å². The van der Waals surface area contributed by atoms with Crippen LogP contribution in [0.25, 0.3) is 0 Å². The van der Waals surface area contributed by atoms with Crippen LogP contribution in [0.15, 0.2) is 23.4 Å². The lowest BCUT2D eigenvalue weighted by atomic mass is 9.98. The van der Waals surface area contributed by atoms with E-state index in [-0.39, 0.29) is 16.8 Å². The molecule has 0 aliphatic rings. The van der Waals surface area contributed by atoms with Crippen molar-refractivity contribution in [2.75, 3.05) is 11.3 Å². The number of anilines is 1. The summed E-state index contributed by atoms with van der Waals surface area (Å²) >= 11 is 0. The van der Waals surface area contributed by atoms with Crippen molar-refractivity contribution >= 4 is 16.0 Å². The molecule has 2 aromatic rings. The van der Waals surface area contributed by atoms with Crippen LogP contribution in [0.5, 0.6) is 5.75 Å². The first-order valence-corrected chi connectivity index (χ1v) is 8.49. The highest BCUT2D eigenvalue weighted by Crippen LogP contribution is 2.32. The number of aromatic amines is 1. The topological polar surface area (TPSA) is 97.0 Å². The van der Waals surface area contributed by atoms with E-state index in [4.69, 9.17) is 4.74 Å². The minimum Gasteiger partial charge on any atom is -0.492 e. The van der Waals surface area contributed by atoms with Crippen LogP contribution < -0.4 is 9.46 Å². The van der Waals surface area contributed by atoms with Gasteiger partial charge in [-0.15, -0.1) is 0 Å². The van der Waals surface area contributed by atoms with E-state index in [1.54, 1.807) is 12.1 Å². The number of nitrogens with zero attached hydrogens (tertiary/aromatic N) is 2. The van der Waals surface area contributed by atoms with Gasteiger partial charge in [0.15, 0.2) is 0 Å². The lowest BCUT2D eigenvalue weighted by Crippen LogP contribution is -2.16. The minimum absolute atomic E-state index is 0.0640. The van der Waals surface area contributed by atoms with Crippen LogP contribution in [0.2, 0.25) is 0 Å². The Morgan fingerprint density at radius 1 is 1.36 bits per heavy atom. The number of hydrogen-bond acceptors (Lipinski definition) is 5. The van der Waals surface area contributed by atoms with Crippen molar-refractivity contribution < 1.29 is 13.2 Å². The molecule has 2 rings (SSSR count). The van der Waals surface area contributed by atoms with E-state index in [2.05, 4.69) is 19.9 Å². The SMILES string of the molecule is CCOc1cc(C)c(C(C)C)cc1S(=O)(=O)Nc1ncn[nH]1. The van der Waals surface area contributed by atoms with E-state index in [9.17, 15) is 8.42 Å². The first-order chi connectivity index (χ1) is 10.3. The number of nitrogens with one attached hydrogen (secondary N) is 2. The second-order valence-corrected chi connectivity index (χ2v) is 6.83. The largest absolute Gasteiger partial charge is 0.492 e. The van der Waals surface area contributed by atoms with Crippen molar-refractivity contribution in [3.05, 3.63) is 29.6 Å². The fourth-order valence-electron chi connectivity index (χ4n) is 2.21. The molecule has 0 fully saturated rings. The Kier molecular flexibility index (Phi) is 4.70. The number of benzene rings is 1. The molecule has 1 aromatic carbocycles. The Balaban J connectivity index is 2.53. The summed E-state index contributed by atoms with van der Waals surface area (Å²) in [7, 11) is -3.82. The zero-order chi connectivity index (χ0) is 16.3. The maximum absolute atomic E-state index is 12.6. The highest BCUT2D eigenvalue weighted by atomic mass is 32.2. The van der Waals surface area contributed by atoms with Gasteiger partial charge in [0.1, 0.15) is 17.0 Å². The average molecular weight is 324 g/mol. The Morgan fingerprint density at radius 3 is 2.64 bits per heavy atom. The van der Waals surface area contributed by atoms with Gasteiger partial charge in [-0.2, -0.15) is 10.1 Å². The van der Waals surface area contributed by atoms with Gasteiger partial charge in [0.2, 0.25) is 5.95 Å². The molecule has 0 aliphatic heterocycles. The molecule has 120 valence electrons. The molecule has 1 heterocycles. The molecule has 0 saturated heterocycles. The maximum atomic E-state index is 12.6. The molecule has 8 heteroatoms. The Labute approximate surface area is 130 Å². The van der Waals surface area contributed by atoms with Gasteiger partial charge in [-0.05, 0) is 43.0 Å². The molecule has 7 nitrogen and oxygen atoms in total. The van der Waals surface area contributed by atoms with Crippen LogP contribution in [0.4, 0.5) is 5.95 Å². The van der Waals surface area contributed by atoms with Crippen LogP contribution in [-0.4, -0.2) is 30.2 Å². The average Bonchev–Trinajstić information content (AvgIpc) is 2.90. The lowest BCUT2D eigenvalue weighted by Gasteiger charge is -2.17. The van der Waals surface area contributed by atoms with Gasteiger partial charge in [0.05, 0.1) is 6.61 Å². The van der Waals surface area contributed by atoms with Crippen LogP contribution in [0, 0.1) is 6.92 Å². The van der Waals surface area contributed by atoms with Crippen LogP contribution >= 0.6 is 0 Å². The normalized spacial score (nSPS) is 11.7. The number of aromatic nitrogens is 3. The summed E-state index contributed by atoms with van der Waals surface area (Å²) in [4.78, 5) is 3.88. The van der Waals surface area contributed by atoms with Crippen molar-refractivity contribution in [2.45, 2.75) is 38.5 Å². The molecule has 0 unspecified atom stereocenters. The monoisotopic (exact) mass is 324 g/mol. The number of H-pyrrole nitrogens is 1. The number of sulfonamides is 1. The summed E-state index contributed by atoms with van der Waals surface area (Å²) in [5.74, 6) is 0.598. The molecule has 0 amide bonds. The smallest absolute Gasteiger partial charge is 0.267 e. The minimum atomic E-state index is -3.82. The highest BCUT2D eigenvalue weighted by molar-refractivity contribution is 7.92. The second-order valence-electron chi connectivity index (χ2n) is 5.18. The molecule has 0 bridgehead atoms. The predicted molar refractivity (Wildman–Crippen MR) is 83.6 cm³/mol. The number of hydrogen-bond donors (Lipinski definition) is 2. The summed E-state index contributed by atoms with van der Waals surface area (Å²) in [5, 5.41) is 6.10. The number of rotatable bonds is 6. The van der Waals surface area contributed by atoms with Gasteiger partial charge in [0.25, 0.3) is 10.0 Å². The third-order valence-electron chi connectivity index (χ3n) is 3.19. The first-order valence-electron chi connectivity index (χ1n) is 7.00. The second kappa shape index (κ2) is 6.35. The van der Waals surface area contributed by atoms with Crippen molar-refractivity contribution in [3.8, 4) is 5.75 Å². The molecule has 0 atom stereocenters. The molecular formula is C14H20N4O3S. The summed E-state index contributed by atoms with van der Waals surface area (Å²) < 4.78 is 33.1. The molecular weight excluding hydrogens is 304 g/mol. The molecule has 0 aliphatic carbocycles. The summed E-state index contributed by atoms with van der Waals surface area (Å²) in [5.41, 5.74) is 1.96. The summed E-state index contributed by atoms with van der Waals surface area (Å²) in [6.07, 6.45) is 1.23. The van der Waals surface area contributed by atoms with Crippen molar-refractivity contribution in [2.24, 2.45) is 0 Å². The van der Waals surface area contributed by atoms with Gasteiger partial charge in [-0.25, -0.2) is 18.2 Å². The maximum Gasteiger partial charge on any atom is 0.267 e. The third-order valence-corrected chi connectivity index (χ3v) is 4.55. The van der Waals surface area contributed by atoms with E-state index in [0.29, 0.717) is 12.4 Å². The molecule has 0 spiro atoms. The standard InChI is InChI=1S/C14H20N4O3S/c1-5-21-12-6-10(4)11(9(2)3)7-13(12)22(19,20)18-14-15-8-16-17-14/h6-9H,5H2,1-4H3,(H2,15,16,17,18). The van der Waals surface area contributed by atoms with Crippen molar-refractivity contribution in [1.82, 2.24) is 15.2 Å². The zero-order valence-electron chi connectivity index (χ0n) is 13.0. The summed E-state index contributed by atoms with van der Waals surface area (Å²) in [6.45, 7) is 8.17. The van der Waals surface area contributed by atoms with E-state index >= 15 is 0 Å². The third kappa shape index (κ3) is 3.38. The highest BCUT2D eigenvalue weighted by Gasteiger charge is 2.23. The van der Waals surface area contributed by atoms with Gasteiger partial charge < -0.3 is 4.74 Å². The van der Waals surface area contributed by atoms with Gasteiger partial charge >= 0.3 is 0 Å². The van der Waals surface area contributed by atoms with E-state index < -0.39 is 10.0 Å². The fourth-order valence-corrected chi connectivity index (χ4v) is 3.34. The quantitative estimate of drug-likeness (QED) is 0.850. The summed E-state index contributed by atoms with van der Waals surface area (Å²) in [6, 6.07) is 3.41. The van der Waals surface area contributed by atoms with Crippen LogP contribution in [0.1, 0.15) is 37.8 Å². The molecule has 2 N–H and O–H groups in total. The first kappa shape index (κ1) is 16.3. The van der Waals surface area contributed by atoms with Crippen molar-refractivity contribution in [1.29, 1.82) is 0 Å². The van der Waals surface area contributed by atoms with Crippen LogP contribution in [0.3, 0.4) is 0 Å². The molecule has 22 heavy (non-hydrogen) atoms. The van der Waals surface area contributed by atoms with Gasteiger partial charge in [0, 0.05) is 0 Å². The fraction of sp³-hybridized carbons (Fsp3) is 0.429. The van der Waals surface area contributed by atoms with Gasteiger partial charge in [-0.3, -0.25) is 0 Å². The zero-order valence-corrected chi connectivity index (χ0v) is 13.9. The number of aryl methyl sites for hydroxylation is 1. The van der Waals surface area contributed by atoms with E-state index in [1.165, 1.54) is 6.33 Å². The molecule has 0 radical (unpaired) electrons. The number of ether oxygens (including phenoxy) is 1. The predicted octanol–water partition coefficient (Wildman–Crippen LogP) is 2.44. The van der Waals surface area contributed by atoms with Crippen LogP contribution in [-0.2, 0) is 10.0 Å². The van der Waals surface area contributed by atoms with E-state index in [1.807, 2.05) is 27.7 Å².